The highest BCUT2D eigenvalue weighted by molar-refractivity contribution is 5.88. The number of H-pyrrole nitrogens is 2. The summed E-state index contributed by atoms with van der Waals surface area (Å²) < 4.78 is 0. The summed E-state index contributed by atoms with van der Waals surface area (Å²) in [6.45, 7) is 4.46. The largest absolute Gasteiger partial charge is 0.361 e. The Morgan fingerprint density at radius 1 is 0.808 bits per heavy atom. The van der Waals surface area contributed by atoms with E-state index in [1.807, 2.05) is 0 Å². The smallest absolute Gasteiger partial charge is 0.0457 e. The molecule has 26 heavy (non-hydrogen) atoms. The summed E-state index contributed by atoms with van der Waals surface area (Å²) in [6, 6.07) is 15.4. The van der Waals surface area contributed by atoms with Crippen LogP contribution < -0.4 is 0 Å². The van der Waals surface area contributed by atoms with Gasteiger partial charge < -0.3 is 9.97 Å². The molecule has 134 valence electrons. The van der Waals surface area contributed by atoms with E-state index >= 15 is 0 Å². The summed E-state index contributed by atoms with van der Waals surface area (Å²) in [4.78, 5) is 6.98. The van der Waals surface area contributed by atoms with Crippen LogP contribution in [-0.4, -0.2) is 9.97 Å². The number of hydrogen-bond donors (Lipinski definition) is 2. The molecule has 0 spiro atoms. The van der Waals surface area contributed by atoms with Crippen LogP contribution in [0.4, 0.5) is 0 Å². The molecule has 4 rings (SSSR count). The third kappa shape index (κ3) is 3.16. The number of para-hydroxylation sites is 1. The Morgan fingerprint density at radius 2 is 1.54 bits per heavy atom. The van der Waals surface area contributed by atoms with Gasteiger partial charge in [0.15, 0.2) is 0 Å². The van der Waals surface area contributed by atoms with Gasteiger partial charge in [-0.3, -0.25) is 0 Å². The maximum Gasteiger partial charge on any atom is 0.0457 e. The van der Waals surface area contributed by atoms with E-state index < -0.39 is 0 Å². The summed E-state index contributed by atoms with van der Waals surface area (Å²) in [5.74, 6) is 0.429. The summed E-state index contributed by atoms with van der Waals surface area (Å²) in [5, 5.41) is 2.73. The number of fused-ring (bicyclic) bond motifs is 2. The van der Waals surface area contributed by atoms with Gasteiger partial charge in [-0.25, -0.2) is 0 Å². The van der Waals surface area contributed by atoms with E-state index in [2.05, 4.69) is 78.7 Å². The highest BCUT2D eigenvalue weighted by Crippen LogP contribution is 2.38. The van der Waals surface area contributed by atoms with Gasteiger partial charge in [0.1, 0.15) is 0 Å². The van der Waals surface area contributed by atoms with Crippen molar-refractivity contribution in [2.75, 3.05) is 0 Å². The lowest BCUT2D eigenvalue weighted by Crippen LogP contribution is -2.00. The predicted molar refractivity (Wildman–Crippen MR) is 112 cm³/mol. The topological polar surface area (TPSA) is 31.6 Å². The van der Waals surface area contributed by atoms with E-state index in [1.165, 1.54) is 70.6 Å². The normalized spacial score (nSPS) is 12.8. The molecule has 4 aromatic rings. The Labute approximate surface area is 155 Å². The molecule has 2 heterocycles. The van der Waals surface area contributed by atoms with Crippen LogP contribution in [-0.2, 0) is 0 Å². The molecule has 0 bridgehead atoms. The van der Waals surface area contributed by atoms with Gasteiger partial charge in [0.05, 0.1) is 0 Å². The Balaban J connectivity index is 1.78. The third-order valence-electron chi connectivity index (χ3n) is 5.59. The number of aromatic amines is 2. The van der Waals surface area contributed by atoms with Gasteiger partial charge in [-0.1, -0.05) is 62.4 Å². The van der Waals surface area contributed by atoms with E-state index in [0.717, 1.165) is 0 Å². The van der Waals surface area contributed by atoms with E-state index in [1.54, 1.807) is 0 Å². The minimum absolute atomic E-state index is 0.429. The number of unbranched alkanes of at least 4 members (excludes halogenated alkanes) is 3. The van der Waals surface area contributed by atoms with Crippen molar-refractivity contribution in [1.29, 1.82) is 0 Å². The van der Waals surface area contributed by atoms with Crippen LogP contribution in [0.25, 0.3) is 21.8 Å². The first-order valence-electron chi connectivity index (χ1n) is 9.91. The van der Waals surface area contributed by atoms with E-state index in [0.29, 0.717) is 5.92 Å². The van der Waals surface area contributed by atoms with Crippen molar-refractivity contribution in [3.05, 3.63) is 71.5 Å². The zero-order chi connectivity index (χ0) is 17.9. The molecule has 0 saturated heterocycles. The molecule has 0 aliphatic rings. The maximum atomic E-state index is 3.50. The van der Waals surface area contributed by atoms with Gasteiger partial charge in [0.25, 0.3) is 0 Å². The molecule has 1 unspecified atom stereocenters. The van der Waals surface area contributed by atoms with Crippen LogP contribution in [0.3, 0.4) is 0 Å². The summed E-state index contributed by atoms with van der Waals surface area (Å²) in [7, 11) is 0. The van der Waals surface area contributed by atoms with E-state index in [4.69, 9.17) is 0 Å². The van der Waals surface area contributed by atoms with E-state index in [-0.39, 0.29) is 0 Å². The molecule has 2 heteroatoms. The second kappa shape index (κ2) is 7.41. The zero-order valence-corrected chi connectivity index (χ0v) is 15.8. The first-order chi connectivity index (χ1) is 12.8. The molecule has 0 aliphatic carbocycles. The van der Waals surface area contributed by atoms with Crippen molar-refractivity contribution in [2.24, 2.45) is 0 Å². The lowest BCUT2D eigenvalue weighted by molar-refractivity contribution is 0.599. The highest BCUT2D eigenvalue weighted by atomic mass is 14.7. The second-order valence-electron chi connectivity index (χ2n) is 7.48. The fraction of sp³-hybridized carbons (Fsp3) is 0.333. The number of nitrogens with one attached hydrogen (secondary N) is 2. The third-order valence-corrected chi connectivity index (χ3v) is 5.59. The van der Waals surface area contributed by atoms with Gasteiger partial charge in [0.2, 0.25) is 0 Å². The van der Waals surface area contributed by atoms with Gasteiger partial charge in [-0.15, -0.1) is 0 Å². The van der Waals surface area contributed by atoms with Crippen LogP contribution in [0, 0.1) is 6.92 Å². The summed E-state index contributed by atoms with van der Waals surface area (Å²) >= 11 is 0. The first-order valence-corrected chi connectivity index (χ1v) is 9.91. The molecule has 1 atom stereocenters. The molecule has 0 amide bonds. The molecule has 2 nitrogen and oxygen atoms in total. The standard InChI is InChI=1S/C24H28N2/c1-3-4-5-6-9-18(21-15-25-23-11-8-7-10-19(21)23)22-16-26-24-13-12-17(2)14-20(22)24/h7-8,10-16,18,25-26H,3-6,9H2,1-2H3. The second-order valence-corrected chi connectivity index (χ2v) is 7.48. The first kappa shape index (κ1) is 17.0. The highest BCUT2D eigenvalue weighted by Gasteiger charge is 2.21. The Bertz CT molecular complexity index is 1010. The Kier molecular flexibility index (Phi) is 4.83. The molecule has 0 saturated carbocycles. The molecule has 0 fully saturated rings. The maximum absolute atomic E-state index is 3.50. The van der Waals surface area contributed by atoms with Gasteiger partial charge in [-0.2, -0.15) is 0 Å². The number of benzene rings is 2. The fourth-order valence-corrected chi connectivity index (χ4v) is 4.18. The van der Waals surface area contributed by atoms with Crippen molar-refractivity contribution in [3.8, 4) is 0 Å². The van der Waals surface area contributed by atoms with Crippen LogP contribution in [0.1, 0.15) is 61.6 Å². The Hall–Kier alpha value is -2.48. The molecular weight excluding hydrogens is 316 g/mol. The van der Waals surface area contributed by atoms with Crippen molar-refractivity contribution < 1.29 is 0 Å². The summed E-state index contributed by atoms with van der Waals surface area (Å²) in [6.07, 6.45) is 10.9. The lowest BCUT2D eigenvalue weighted by atomic mass is 9.86. The quantitative estimate of drug-likeness (QED) is 0.336. The number of rotatable bonds is 7. The molecule has 0 radical (unpaired) electrons. The SMILES string of the molecule is CCCCCCC(c1c[nH]c2ccccc12)c1c[nH]c2ccc(C)cc12. The van der Waals surface area contributed by atoms with Gasteiger partial charge in [-0.05, 0) is 42.7 Å². The van der Waals surface area contributed by atoms with Crippen molar-refractivity contribution in [1.82, 2.24) is 9.97 Å². The van der Waals surface area contributed by atoms with Crippen LogP contribution >= 0.6 is 0 Å². The predicted octanol–water partition coefficient (Wildman–Crippen LogP) is 7.06. The molecule has 2 aromatic heterocycles. The number of aromatic nitrogens is 2. The van der Waals surface area contributed by atoms with Crippen LogP contribution in [0.15, 0.2) is 54.9 Å². The molecule has 2 N–H and O–H groups in total. The van der Waals surface area contributed by atoms with E-state index in [9.17, 15) is 0 Å². The van der Waals surface area contributed by atoms with Gasteiger partial charge >= 0.3 is 0 Å². The van der Waals surface area contributed by atoms with Crippen LogP contribution in [0.2, 0.25) is 0 Å². The average molecular weight is 345 g/mol. The van der Waals surface area contributed by atoms with Crippen molar-refractivity contribution >= 4 is 21.8 Å². The van der Waals surface area contributed by atoms with Crippen molar-refractivity contribution in [2.45, 2.75) is 51.9 Å². The van der Waals surface area contributed by atoms with Crippen LogP contribution in [0.5, 0.6) is 0 Å². The monoisotopic (exact) mass is 344 g/mol. The summed E-state index contributed by atoms with van der Waals surface area (Å²) in [5.41, 5.74) is 6.66. The Morgan fingerprint density at radius 3 is 2.35 bits per heavy atom. The van der Waals surface area contributed by atoms with Crippen molar-refractivity contribution in [3.63, 3.8) is 0 Å². The zero-order valence-electron chi connectivity index (χ0n) is 15.8. The van der Waals surface area contributed by atoms with Gasteiger partial charge in [0, 0.05) is 40.1 Å². The molecule has 2 aromatic carbocycles. The fourth-order valence-electron chi connectivity index (χ4n) is 4.18. The number of aryl methyl sites for hydroxylation is 1. The minimum Gasteiger partial charge on any atom is -0.361 e. The number of hydrogen-bond acceptors (Lipinski definition) is 0. The minimum atomic E-state index is 0.429. The average Bonchev–Trinajstić information content (AvgIpc) is 3.26. The molecule has 0 aliphatic heterocycles. The molecular formula is C24H28N2. The lowest BCUT2D eigenvalue weighted by Gasteiger charge is -2.17.